The number of hydrogen-bond acceptors (Lipinski definition) is 3. The molecule has 1 aromatic heterocycles. The molecule has 0 amide bonds. The number of carbonyl (C=O) groups is 1. The fraction of sp³-hybridized carbons (Fsp3) is 0.400. The Morgan fingerprint density at radius 2 is 2.43 bits per heavy atom. The van der Waals surface area contributed by atoms with Gasteiger partial charge in [0.1, 0.15) is 11.9 Å². The summed E-state index contributed by atoms with van der Waals surface area (Å²) in [4.78, 5) is 14.8. The molecule has 0 saturated carbocycles. The van der Waals surface area contributed by atoms with E-state index in [-0.39, 0.29) is 0 Å². The minimum atomic E-state index is -0.836. The number of carboxylic acid groups (broad SMARTS) is 1. The molecule has 0 spiro atoms. The standard InChI is InChI=1S/C10H14N2O2/c1-2-5-8(10(13)14)12-9-6-3-4-7-11-9/h3-4,6-8H,2,5H2,1H3,(H,11,12)(H,13,14). The molecule has 1 heterocycles. The predicted molar refractivity (Wildman–Crippen MR) is 54.2 cm³/mol. The van der Waals surface area contributed by atoms with E-state index in [2.05, 4.69) is 10.3 Å². The summed E-state index contributed by atoms with van der Waals surface area (Å²) in [6.45, 7) is 1.95. The molecule has 4 nitrogen and oxygen atoms in total. The quantitative estimate of drug-likeness (QED) is 0.749. The minimum absolute atomic E-state index is 0.546. The molecule has 76 valence electrons. The third kappa shape index (κ3) is 3.05. The first kappa shape index (κ1) is 10.5. The van der Waals surface area contributed by atoms with Gasteiger partial charge in [-0.25, -0.2) is 9.78 Å². The van der Waals surface area contributed by atoms with E-state index in [1.807, 2.05) is 13.0 Å². The Hall–Kier alpha value is -1.58. The number of carboxylic acids is 1. The van der Waals surface area contributed by atoms with Crippen molar-refractivity contribution >= 4 is 11.8 Å². The number of aromatic nitrogens is 1. The summed E-state index contributed by atoms with van der Waals surface area (Å²) in [5.74, 6) is -0.231. The summed E-state index contributed by atoms with van der Waals surface area (Å²) >= 11 is 0. The average molecular weight is 194 g/mol. The van der Waals surface area contributed by atoms with Crippen LogP contribution in [-0.2, 0) is 4.79 Å². The molecule has 1 aromatic rings. The highest BCUT2D eigenvalue weighted by Crippen LogP contribution is 2.06. The summed E-state index contributed by atoms with van der Waals surface area (Å²) < 4.78 is 0. The lowest BCUT2D eigenvalue weighted by molar-refractivity contribution is -0.138. The highest BCUT2D eigenvalue weighted by Gasteiger charge is 2.15. The Labute approximate surface area is 83.0 Å². The van der Waals surface area contributed by atoms with Crippen molar-refractivity contribution in [3.05, 3.63) is 24.4 Å². The van der Waals surface area contributed by atoms with Gasteiger partial charge in [-0.3, -0.25) is 0 Å². The normalized spacial score (nSPS) is 12.1. The molecule has 0 aliphatic rings. The van der Waals surface area contributed by atoms with Crippen LogP contribution in [0.5, 0.6) is 0 Å². The smallest absolute Gasteiger partial charge is 0.326 e. The van der Waals surface area contributed by atoms with Crippen molar-refractivity contribution in [3.63, 3.8) is 0 Å². The van der Waals surface area contributed by atoms with Gasteiger partial charge in [-0.15, -0.1) is 0 Å². The Kier molecular flexibility index (Phi) is 3.91. The van der Waals surface area contributed by atoms with E-state index in [1.165, 1.54) is 0 Å². The van der Waals surface area contributed by atoms with E-state index in [0.717, 1.165) is 6.42 Å². The lowest BCUT2D eigenvalue weighted by atomic mass is 10.2. The minimum Gasteiger partial charge on any atom is -0.480 e. The Balaban J connectivity index is 2.60. The first-order chi connectivity index (χ1) is 6.74. The van der Waals surface area contributed by atoms with Crippen molar-refractivity contribution in [2.24, 2.45) is 0 Å². The molecule has 4 heteroatoms. The Morgan fingerprint density at radius 3 is 2.93 bits per heavy atom. The maximum atomic E-state index is 10.8. The average Bonchev–Trinajstić information content (AvgIpc) is 2.18. The van der Waals surface area contributed by atoms with Crippen LogP contribution in [0.25, 0.3) is 0 Å². The number of aliphatic carboxylic acids is 1. The molecule has 0 bridgehead atoms. The molecular weight excluding hydrogens is 180 g/mol. The molecule has 14 heavy (non-hydrogen) atoms. The van der Waals surface area contributed by atoms with E-state index < -0.39 is 12.0 Å². The van der Waals surface area contributed by atoms with Gasteiger partial charge in [0.05, 0.1) is 0 Å². The highest BCUT2D eigenvalue weighted by molar-refractivity contribution is 5.76. The van der Waals surface area contributed by atoms with Gasteiger partial charge in [0, 0.05) is 6.20 Å². The summed E-state index contributed by atoms with van der Waals surface area (Å²) in [5.41, 5.74) is 0. The van der Waals surface area contributed by atoms with Crippen LogP contribution in [0.2, 0.25) is 0 Å². The van der Waals surface area contributed by atoms with Gasteiger partial charge >= 0.3 is 5.97 Å². The number of nitrogens with zero attached hydrogens (tertiary/aromatic N) is 1. The number of hydrogen-bond donors (Lipinski definition) is 2. The van der Waals surface area contributed by atoms with E-state index in [0.29, 0.717) is 12.2 Å². The van der Waals surface area contributed by atoms with Gasteiger partial charge in [-0.2, -0.15) is 0 Å². The highest BCUT2D eigenvalue weighted by atomic mass is 16.4. The summed E-state index contributed by atoms with van der Waals surface area (Å²) in [5, 5.41) is 11.7. The SMILES string of the molecule is CCCC(Nc1ccccn1)C(=O)O. The van der Waals surface area contributed by atoms with Crippen LogP contribution in [-0.4, -0.2) is 22.1 Å². The molecule has 0 fully saturated rings. The third-order valence-electron chi connectivity index (χ3n) is 1.86. The molecule has 1 atom stereocenters. The van der Waals surface area contributed by atoms with E-state index >= 15 is 0 Å². The molecule has 0 radical (unpaired) electrons. The lowest BCUT2D eigenvalue weighted by Crippen LogP contribution is -2.29. The lowest BCUT2D eigenvalue weighted by Gasteiger charge is -2.13. The van der Waals surface area contributed by atoms with Crippen molar-refractivity contribution < 1.29 is 9.90 Å². The first-order valence-electron chi connectivity index (χ1n) is 4.64. The molecule has 0 aliphatic heterocycles. The second-order valence-electron chi connectivity index (χ2n) is 3.04. The predicted octanol–water partition coefficient (Wildman–Crippen LogP) is 1.75. The molecule has 0 aliphatic carbocycles. The van der Waals surface area contributed by atoms with Gasteiger partial charge in [0.25, 0.3) is 0 Å². The maximum absolute atomic E-state index is 10.8. The van der Waals surface area contributed by atoms with Crippen LogP contribution in [0, 0.1) is 0 Å². The molecule has 0 saturated heterocycles. The van der Waals surface area contributed by atoms with Gasteiger partial charge in [-0.1, -0.05) is 19.4 Å². The zero-order chi connectivity index (χ0) is 10.4. The van der Waals surface area contributed by atoms with Crippen molar-refractivity contribution in [2.45, 2.75) is 25.8 Å². The third-order valence-corrected chi connectivity index (χ3v) is 1.86. The fourth-order valence-electron chi connectivity index (χ4n) is 1.17. The summed E-state index contributed by atoms with van der Waals surface area (Å²) in [7, 11) is 0. The van der Waals surface area contributed by atoms with Crippen LogP contribution in [0.15, 0.2) is 24.4 Å². The van der Waals surface area contributed by atoms with Gasteiger partial charge < -0.3 is 10.4 Å². The van der Waals surface area contributed by atoms with Crippen molar-refractivity contribution in [3.8, 4) is 0 Å². The van der Waals surface area contributed by atoms with Crippen LogP contribution < -0.4 is 5.32 Å². The Morgan fingerprint density at radius 1 is 1.64 bits per heavy atom. The topological polar surface area (TPSA) is 62.2 Å². The molecular formula is C10H14N2O2. The van der Waals surface area contributed by atoms with Crippen molar-refractivity contribution in [1.82, 2.24) is 4.98 Å². The van der Waals surface area contributed by atoms with Gasteiger partial charge in [0.2, 0.25) is 0 Å². The van der Waals surface area contributed by atoms with Crippen LogP contribution in [0.3, 0.4) is 0 Å². The van der Waals surface area contributed by atoms with Crippen LogP contribution >= 0.6 is 0 Å². The van der Waals surface area contributed by atoms with Crippen molar-refractivity contribution in [1.29, 1.82) is 0 Å². The second-order valence-corrected chi connectivity index (χ2v) is 3.04. The van der Waals surface area contributed by atoms with Crippen molar-refractivity contribution in [2.75, 3.05) is 5.32 Å². The Bertz CT molecular complexity index is 287. The van der Waals surface area contributed by atoms with Crippen LogP contribution in [0.1, 0.15) is 19.8 Å². The summed E-state index contributed by atoms with van der Waals surface area (Å²) in [6, 6.07) is 4.82. The number of anilines is 1. The van der Waals surface area contributed by atoms with Gasteiger partial charge in [-0.05, 0) is 18.6 Å². The number of pyridine rings is 1. The second kappa shape index (κ2) is 5.21. The number of nitrogens with one attached hydrogen (secondary N) is 1. The molecule has 1 rings (SSSR count). The van der Waals surface area contributed by atoms with E-state index in [1.54, 1.807) is 18.3 Å². The molecule has 1 unspecified atom stereocenters. The largest absolute Gasteiger partial charge is 0.480 e. The number of rotatable bonds is 5. The monoisotopic (exact) mass is 194 g/mol. The van der Waals surface area contributed by atoms with Gasteiger partial charge in [0.15, 0.2) is 0 Å². The molecule has 0 aromatic carbocycles. The van der Waals surface area contributed by atoms with E-state index in [4.69, 9.17) is 5.11 Å². The maximum Gasteiger partial charge on any atom is 0.326 e. The zero-order valence-electron chi connectivity index (χ0n) is 8.10. The first-order valence-corrected chi connectivity index (χ1v) is 4.64. The fourth-order valence-corrected chi connectivity index (χ4v) is 1.17. The van der Waals surface area contributed by atoms with E-state index in [9.17, 15) is 4.79 Å². The molecule has 2 N–H and O–H groups in total. The zero-order valence-corrected chi connectivity index (χ0v) is 8.10. The summed E-state index contributed by atoms with van der Waals surface area (Å²) in [6.07, 6.45) is 3.07. The van der Waals surface area contributed by atoms with Crippen LogP contribution in [0.4, 0.5) is 5.82 Å².